The van der Waals surface area contributed by atoms with Crippen LogP contribution in [0.1, 0.15) is 16.1 Å². The molecule has 3 rings (SSSR count). The lowest BCUT2D eigenvalue weighted by atomic mass is 10.2. The Morgan fingerprint density at radius 2 is 1.94 bits per heavy atom. The van der Waals surface area contributed by atoms with Crippen molar-refractivity contribution >= 4 is 23.2 Å². The van der Waals surface area contributed by atoms with Crippen LogP contribution < -0.4 is 4.90 Å². The molecule has 0 spiro atoms. The summed E-state index contributed by atoms with van der Waals surface area (Å²) in [5.41, 5.74) is 2.35. The van der Waals surface area contributed by atoms with Crippen molar-refractivity contribution in [2.24, 2.45) is 0 Å². The summed E-state index contributed by atoms with van der Waals surface area (Å²) < 4.78 is 0. The van der Waals surface area contributed by atoms with E-state index >= 15 is 0 Å². The molecule has 0 saturated carbocycles. The molecule has 1 aromatic heterocycles. The summed E-state index contributed by atoms with van der Waals surface area (Å²) in [4.78, 5) is 18.1. The minimum Gasteiger partial charge on any atom is -0.302 e. The number of pyridine rings is 1. The highest BCUT2D eigenvalue weighted by molar-refractivity contribution is 6.30. The Bertz CT molecular complexity index is 580. The smallest absolute Gasteiger partial charge is 0.260 e. The largest absolute Gasteiger partial charge is 0.302 e. The molecule has 0 fully saturated rings. The number of aromatic nitrogens is 1. The Morgan fingerprint density at radius 3 is 2.65 bits per heavy atom. The van der Waals surface area contributed by atoms with Crippen molar-refractivity contribution < 1.29 is 4.79 Å². The van der Waals surface area contributed by atoms with E-state index in [1.54, 1.807) is 35.4 Å². The number of carbonyl (C=O) groups excluding carboxylic acids is 1. The Hall–Kier alpha value is -1.87. The van der Waals surface area contributed by atoms with E-state index in [4.69, 9.17) is 11.6 Å². The third-order valence-corrected chi connectivity index (χ3v) is 3.06. The van der Waals surface area contributed by atoms with E-state index in [-0.39, 0.29) is 5.91 Å². The topological polar surface area (TPSA) is 33.2 Å². The molecular weight excluding hydrogens is 236 g/mol. The molecule has 0 unspecified atom stereocenters. The van der Waals surface area contributed by atoms with E-state index < -0.39 is 0 Å². The van der Waals surface area contributed by atoms with Crippen LogP contribution in [0.2, 0.25) is 5.02 Å². The molecule has 17 heavy (non-hydrogen) atoms. The Balaban J connectivity index is 1.99. The van der Waals surface area contributed by atoms with Crippen LogP contribution in [0.25, 0.3) is 0 Å². The van der Waals surface area contributed by atoms with Gasteiger partial charge in [0.1, 0.15) is 0 Å². The van der Waals surface area contributed by atoms with Gasteiger partial charge in [-0.25, -0.2) is 0 Å². The maximum atomic E-state index is 12.1. The predicted octanol–water partition coefficient (Wildman–Crippen LogP) is 2.90. The van der Waals surface area contributed by atoms with Crippen molar-refractivity contribution in [3.63, 3.8) is 0 Å². The molecule has 0 radical (unpaired) electrons. The Morgan fingerprint density at radius 1 is 1.18 bits per heavy atom. The number of amides is 1. The first-order chi connectivity index (χ1) is 8.25. The molecule has 4 heteroatoms. The molecule has 1 aliphatic rings. The zero-order valence-electron chi connectivity index (χ0n) is 8.93. The summed E-state index contributed by atoms with van der Waals surface area (Å²) in [6, 6.07) is 10.8. The van der Waals surface area contributed by atoms with Crippen LogP contribution in [-0.2, 0) is 6.54 Å². The fourth-order valence-electron chi connectivity index (χ4n) is 1.96. The first kappa shape index (κ1) is 10.3. The number of benzene rings is 1. The van der Waals surface area contributed by atoms with Gasteiger partial charge in [0.15, 0.2) is 0 Å². The predicted molar refractivity (Wildman–Crippen MR) is 66.2 cm³/mol. The average molecular weight is 245 g/mol. The van der Waals surface area contributed by atoms with Crippen molar-refractivity contribution in [1.82, 2.24) is 4.98 Å². The van der Waals surface area contributed by atoms with Crippen LogP contribution in [0.3, 0.4) is 0 Å². The fourth-order valence-corrected chi connectivity index (χ4v) is 2.08. The number of hydrogen-bond donors (Lipinski definition) is 0. The van der Waals surface area contributed by atoms with E-state index in [0.29, 0.717) is 17.1 Å². The normalized spacial score (nSPS) is 13.9. The van der Waals surface area contributed by atoms with Crippen LogP contribution in [-0.4, -0.2) is 10.9 Å². The fraction of sp³-hybridized carbons (Fsp3) is 0.0769. The second kappa shape index (κ2) is 3.86. The quantitative estimate of drug-likeness (QED) is 0.773. The van der Waals surface area contributed by atoms with Crippen LogP contribution in [0.5, 0.6) is 0 Å². The molecule has 0 saturated heterocycles. The molecule has 2 aromatic rings. The van der Waals surface area contributed by atoms with Gasteiger partial charge in [-0.05, 0) is 36.4 Å². The van der Waals surface area contributed by atoms with Crippen molar-refractivity contribution in [3.05, 3.63) is 58.9 Å². The van der Waals surface area contributed by atoms with Crippen LogP contribution in [0.4, 0.5) is 5.69 Å². The van der Waals surface area contributed by atoms with Gasteiger partial charge in [0.25, 0.3) is 5.91 Å². The minimum absolute atomic E-state index is 0.00424. The zero-order chi connectivity index (χ0) is 11.8. The van der Waals surface area contributed by atoms with Gasteiger partial charge in [-0.15, -0.1) is 0 Å². The number of halogens is 1. The number of fused-ring (bicyclic) bond motifs is 1. The van der Waals surface area contributed by atoms with Crippen LogP contribution in [0.15, 0.2) is 42.6 Å². The van der Waals surface area contributed by atoms with Gasteiger partial charge in [-0.2, -0.15) is 0 Å². The maximum absolute atomic E-state index is 12.1. The van der Waals surface area contributed by atoms with Crippen molar-refractivity contribution in [2.45, 2.75) is 6.54 Å². The number of anilines is 1. The summed E-state index contributed by atoms with van der Waals surface area (Å²) in [6.07, 6.45) is 1.71. The first-order valence-corrected chi connectivity index (χ1v) is 5.65. The lowest BCUT2D eigenvalue weighted by Gasteiger charge is -2.15. The van der Waals surface area contributed by atoms with E-state index in [2.05, 4.69) is 4.98 Å². The molecule has 0 aliphatic carbocycles. The van der Waals surface area contributed by atoms with Crippen LogP contribution in [0, 0.1) is 0 Å². The second-order valence-electron chi connectivity index (χ2n) is 3.87. The lowest BCUT2D eigenvalue weighted by Crippen LogP contribution is -2.22. The number of rotatable bonds is 1. The molecule has 2 heterocycles. The Kier molecular flexibility index (Phi) is 2.34. The average Bonchev–Trinajstić information content (AvgIpc) is 2.69. The maximum Gasteiger partial charge on any atom is 0.260 e. The first-order valence-electron chi connectivity index (χ1n) is 5.27. The van der Waals surface area contributed by atoms with Gasteiger partial charge in [0.2, 0.25) is 0 Å². The van der Waals surface area contributed by atoms with Crippen molar-refractivity contribution in [1.29, 1.82) is 0 Å². The Labute approximate surface area is 104 Å². The van der Waals surface area contributed by atoms with Crippen LogP contribution >= 0.6 is 11.6 Å². The molecule has 0 bridgehead atoms. The van der Waals surface area contributed by atoms with Gasteiger partial charge in [0, 0.05) is 16.9 Å². The van der Waals surface area contributed by atoms with Crippen molar-refractivity contribution in [3.8, 4) is 0 Å². The minimum atomic E-state index is -0.00424. The summed E-state index contributed by atoms with van der Waals surface area (Å²) in [5, 5.41) is 0.663. The third-order valence-electron chi connectivity index (χ3n) is 2.81. The van der Waals surface area contributed by atoms with Gasteiger partial charge in [-0.1, -0.05) is 11.6 Å². The van der Waals surface area contributed by atoms with Gasteiger partial charge in [-0.3, -0.25) is 9.78 Å². The highest BCUT2D eigenvalue weighted by Gasteiger charge is 2.28. The van der Waals surface area contributed by atoms with Gasteiger partial charge >= 0.3 is 0 Å². The molecule has 1 amide bonds. The number of hydrogen-bond acceptors (Lipinski definition) is 2. The molecule has 84 valence electrons. The molecule has 1 aliphatic heterocycles. The number of carbonyl (C=O) groups is 1. The summed E-state index contributed by atoms with van der Waals surface area (Å²) in [6.45, 7) is 0.524. The monoisotopic (exact) mass is 244 g/mol. The lowest BCUT2D eigenvalue weighted by molar-refractivity contribution is 0.0996. The van der Waals surface area contributed by atoms with E-state index in [1.807, 2.05) is 12.1 Å². The van der Waals surface area contributed by atoms with E-state index in [0.717, 1.165) is 11.4 Å². The molecule has 0 atom stereocenters. The molecular formula is C13H9ClN2O. The number of nitrogens with zero attached hydrogens (tertiary/aromatic N) is 2. The van der Waals surface area contributed by atoms with Gasteiger partial charge < -0.3 is 4.90 Å². The van der Waals surface area contributed by atoms with E-state index in [1.165, 1.54) is 0 Å². The van der Waals surface area contributed by atoms with E-state index in [9.17, 15) is 4.79 Å². The molecule has 3 nitrogen and oxygen atoms in total. The molecule has 0 N–H and O–H groups in total. The SMILES string of the molecule is O=C1c2cccnc2CN1c1ccc(Cl)cc1. The summed E-state index contributed by atoms with van der Waals surface area (Å²) >= 11 is 5.83. The zero-order valence-corrected chi connectivity index (χ0v) is 9.69. The summed E-state index contributed by atoms with van der Waals surface area (Å²) in [7, 11) is 0. The second-order valence-corrected chi connectivity index (χ2v) is 4.30. The van der Waals surface area contributed by atoms with Crippen molar-refractivity contribution in [2.75, 3.05) is 4.90 Å². The third kappa shape index (κ3) is 1.68. The standard InChI is InChI=1S/C13H9ClN2O/c14-9-3-5-10(6-4-9)16-8-12-11(13(16)17)2-1-7-15-12/h1-7H,8H2. The highest BCUT2D eigenvalue weighted by Crippen LogP contribution is 2.27. The summed E-state index contributed by atoms with van der Waals surface area (Å²) in [5.74, 6) is -0.00424. The molecule has 1 aromatic carbocycles. The van der Waals surface area contributed by atoms with Gasteiger partial charge in [0.05, 0.1) is 17.8 Å². The highest BCUT2D eigenvalue weighted by atomic mass is 35.5.